The van der Waals surface area contributed by atoms with Crippen LogP contribution in [0.3, 0.4) is 0 Å². The lowest BCUT2D eigenvalue weighted by Gasteiger charge is -2.28. The minimum atomic E-state index is -0.454. The maximum absolute atomic E-state index is 13.1. The zero-order chi connectivity index (χ0) is 19.0. The first-order chi connectivity index (χ1) is 12.4. The number of nitrogens with zero attached hydrogens (tertiary/aromatic N) is 4. The van der Waals surface area contributed by atoms with E-state index < -0.39 is 11.2 Å². The van der Waals surface area contributed by atoms with Gasteiger partial charge in [0.2, 0.25) is 0 Å². The number of carbonyl (C=O) groups is 1. The van der Waals surface area contributed by atoms with Gasteiger partial charge in [-0.3, -0.25) is 18.7 Å². The van der Waals surface area contributed by atoms with Crippen LogP contribution in [0.2, 0.25) is 0 Å². The lowest BCUT2D eigenvalue weighted by atomic mass is 10.1. The standard InChI is InChI=1S/C18H25N5O3.2ClH/c1-5-8-23(12-6-7-19-10-12)16(24)13-9-11(2)14-15(20-13)21(3)18(26)22(4)17(14)25;;/h9,12,19H,5-8,10H2,1-4H3;2*1H. The summed E-state index contributed by atoms with van der Waals surface area (Å²) in [5.41, 5.74) is 0.332. The minimum absolute atomic E-state index is 0. The molecule has 2 aromatic rings. The van der Waals surface area contributed by atoms with E-state index in [1.165, 1.54) is 11.6 Å². The summed E-state index contributed by atoms with van der Waals surface area (Å²) in [5, 5.41) is 3.66. The van der Waals surface area contributed by atoms with Crippen LogP contribution in [0.4, 0.5) is 0 Å². The summed E-state index contributed by atoms with van der Waals surface area (Å²) < 4.78 is 2.38. The molecular formula is C18H27Cl2N5O3. The van der Waals surface area contributed by atoms with Crippen LogP contribution in [0, 0.1) is 6.92 Å². The number of hydrogen-bond donors (Lipinski definition) is 1. The fourth-order valence-electron chi connectivity index (χ4n) is 3.59. The molecule has 28 heavy (non-hydrogen) atoms. The van der Waals surface area contributed by atoms with Crippen LogP contribution < -0.4 is 16.6 Å². The first-order valence-electron chi connectivity index (χ1n) is 8.95. The highest BCUT2D eigenvalue weighted by Crippen LogP contribution is 2.17. The molecule has 2 aromatic heterocycles. The third-order valence-corrected chi connectivity index (χ3v) is 5.03. The molecule has 10 heteroatoms. The van der Waals surface area contributed by atoms with Crippen molar-refractivity contribution in [2.75, 3.05) is 19.6 Å². The molecule has 156 valence electrons. The van der Waals surface area contributed by atoms with Crippen molar-refractivity contribution in [3.05, 3.63) is 38.2 Å². The summed E-state index contributed by atoms with van der Waals surface area (Å²) in [6, 6.07) is 1.80. The molecule has 1 aliphatic rings. The molecule has 1 aliphatic heterocycles. The average Bonchev–Trinajstić information content (AvgIpc) is 3.15. The zero-order valence-electron chi connectivity index (χ0n) is 16.5. The van der Waals surface area contributed by atoms with Gasteiger partial charge in [-0.2, -0.15) is 0 Å². The van der Waals surface area contributed by atoms with E-state index in [0.717, 1.165) is 30.5 Å². The highest BCUT2D eigenvalue weighted by atomic mass is 35.5. The summed E-state index contributed by atoms with van der Waals surface area (Å²) in [6.45, 7) is 6.13. The molecular weight excluding hydrogens is 405 g/mol. The molecule has 0 aliphatic carbocycles. The molecule has 1 saturated heterocycles. The number of aryl methyl sites for hydroxylation is 2. The lowest BCUT2D eigenvalue weighted by Crippen LogP contribution is -2.43. The number of fused-ring (bicyclic) bond motifs is 1. The molecule has 0 saturated carbocycles. The fraction of sp³-hybridized carbons (Fsp3) is 0.556. The van der Waals surface area contributed by atoms with Gasteiger partial charge in [0.05, 0.1) is 5.39 Å². The SMILES string of the molecule is CCCN(C(=O)c1cc(C)c2c(=O)n(C)c(=O)n(C)c2n1)C1CCNC1.Cl.Cl. The van der Waals surface area contributed by atoms with Gasteiger partial charge in [-0.25, -0.2) is 9.78 Å². The van der Waals surface area contributed by atoms with Crippen molar-refractivity contribution in [3.63, 3.8) is 0 Å². The van der Waals surface area contributed by atoms with Crippen molar-refractivity contribution in [3.8, 4) is 0 Å². The van der Waals surface area contributed by atoms with Gasteiger partial charge in [0, 0.05) is 33.2 Å². The van der Waals surface area contributed by atoms with E-state index >= 15 is 0 Å². The van der Waals surface area contributed by atoms with Crippen molar-refractivity contribution < 1.29 is 4.79 Å². The summed E-state index contributed by atoms with van der Waals surface area (Å²) in [4.78, 5) is 44.1. The van der Waals surface area contributed by atoms with Crippen molar-refractivity contribution in [2.24, 2.45) is 14.1 Å². The van der Waals surface area contributed by atoms with Crippen molar-refractivity contribution in [1.82, 2.24) is 24.3 Å². The predicted molar refractivity (Wildman–Crippen MR) is 114 cm³/mol. The molecule has 1 atom stereocenters. The Balaban J connectivity index is 0.00000196. The van der Waals surface area contributed by atoms with Gasteiger partial charge < -0.3 is 10.2 Å². The summed E-state index contributed by atoms with van der Waals surface area (Å²) in [5.74, 6) is -0.154. The van der Waals surface area contributed by atoms with E-state index in [9.17, 15) is 14.4 Å². The van der Waals surface area contributed by atoms with E-state index in [0.29, 0.717) is 17.5 Å². The number of hydrogen-bond acceptors (Lipinski definition) is 5. The second kappa shape index (κ2) is 9.54. The summed E-state index contributed by atoms with van der Waals surface area (Å²) in [6.07, 6.45) is 1.77. The molecule has 1 N–H and O–H groups in total. The first-order valence-corrected chi connectivity index (χ1v) is 8.95. The van der Waals surface area contributed by atoms with Crippen LogP contribution >= 0.6 is 24.8 Å². The predicted octanol–water partition coefficient (Wildman–Crippen LogP) is 0.998. The van der Waals surface area contributed by atoms with E-state index in [1.54, 1.807) is 20.0 Å². The quantitative estimate of drug-likeness (QED) is 0.779. The maximum Gasteiger partial charge on any atom is 0.332 e. The number of nitrogens with one attached hydrogen (secondary N) is 1. The number of pyridine rings is 1. The second-order valence-corrected chi connectivity index (χ2v) is 6.87. The Bertz CT molecular complexity index is 980. The Hall–Kier alpha value is -1.90. The van der Waals surface area contributed by atoms with E-state index in [4.69, 9.17) is 0 Å². The third-order valence-electron chi connectivity index (χ3n) is 5.03. The van der Waals surface area contributed by atoms with Gasteiger partial charge in [-0.05, 0) is 37.9 Å². The van der Waals surface area contributed by atoms with Gasteiger partial charge in [-0.1, -0.05) is 6.92 Å². The largest absolute Gasteiger partial charge is 0.333 e. The number of aromatic nitrogens is 3. The maximum atomic E-state index is 13.1. The second-order valence-electron chi connectivity index (χ2n) is 6.87. The van der Waals surface area contributed by atoms with Crippen molar-refractivity contribution in [2.45, 2.75) is 32.7 Å². The van der Waals surface area contributed by atoms with Crippen LogP contribution in [0.5, 0.6) is 0 Å². The van der Waals surface area contributed by atoms with Gasteiger partial charge >= 0.3 is 5.69 Å². The Labute approximate surface area is 175 Å². The Morgan fingerprint density at radius 3 is 2.54 bits per heavy atom. The molecule has 0 aromatic carbocycles. The highest BCUT2D eigenvalue weighted by Gasteiger charge is 2.28. The van der Waals surface area contributed by atoms with E-state index in [1.807, 2.05) is 11.8 Å². The smallest absolute Gasteiger partial charge is 0.332 e. The molecule has 3 rings (SSSR count). The van der Waals surface area contributed by atoms with E-state index in [2.05, 4.69) is 10.3 Å². The number of halogens is 2. The Morgan fingerprint density at radius 2 is 1.96 bits per heavy atom. The van der Waals surface area contributed by atoms with E-state index in [-0.39, 0.29) is 48.1 Å². The fourth-order valence-corrected chi connectivity index (χ4v) is 3.59. The molecule has 8 nitrogen and oxygen atoms in total. The molecule has 3 heterocycles. The third kappa shape index (κ3) is 4.09. The molecule has 1 amide bonds. The van der Waals surface area contributed by atoms with Crippen LogP contribution in [-0.4, -0.2) is 50.6 Å². The van der Waals surface area contributed by atoms with Gasteiger partial charge in [0.15, 0.2) is 0 Å². The van der Waals surface area contributed by atoms with Crippen molar-refractivity contribution >= 4 is 41.8 Å². The number of amides is 1. The van der Waals surface area contributed by atoms with Gasteiger partial charge in [-0.15, -0.1) is 24.8 Å². The zero-order valence-corrected chi connectivity index (χ0v) is 18.2. The molecule has 1 unspecified atom stereocenters. The van der Waals surface area contributed by atoms with Crippen LogP contribution in [-0.2, 0) is 14.1 Å². The molecule has 0 spiro atoms. The summed E-state index contributed by atoms with van der Waals surface area (Å²) in [7, 11) is 3.01. The Morgan fingerprint density at radius 1 is 1.29 bits per heavy atom. The normalized spacial score (nSPS) is 15.8. The monoisotopic (exact) mass is 431 g/mol. The van der Waals surface area contributed by atoms with Crippen LogP contribution in [0.15, 0.2) is 15.7 Å². The average molecular weight is 432 g/mol. The molecule has 0 bridgehead atoms. The number of carbonyl (C=O) groups excluding carboxylic acids is 1. The van der Waals surface area contributed by atoms with Crippen molar-refractivity contribution in [1.29, 1.82) is 0 Å². The van der Waals surface area contributed by atoms with Gasteiger partial charge in [0.1, 0.15) is 11.3 Å². The van der Waals surface area contributed by atoms with Crippen LogP contribution in [0.1, 0.15) is 35.8 Å². The lowest BCUT2D eigenvalue weighted by molar-refractivity contribution is 0.0686. The minimum Gasteiger partial charge on any atom is -0.333 e. The first kappa shape index (κ1) is 24.1. The topological polar surface area (TPSA) is 89.2 Å². The summed E-state index contributed by atoms with van der Waals surface area (Å²) >= 11 is 0. The highest BCUT2D eigenvalue weighted by molar-refractivity contribution is 5.95. The number of rotatable bonds is 4. The van der Waals surface area contributed by atoms with Gasteiger partial charge in [0.25, 0.3) is 11.5 Å². The molecule has 0 radical (unpaired) electrons. The molecule has 1 fully saturated rings. The Kier molecular flexibility index (Phi) is 8.22. The van der Waals surface area contributed by atoms with Crippen LogP contribution in [0.25, 0.3) is 11.0 Å².